The lowest BCUT2D eigenvalue weighted by Gasteiger charge is -2.19. The molecule has 0 saturated heterocycles. The van der Waals surface area contributed by atoms with Crippen molar-refractivity contribution in [2.24, 2.45) is 0 Å². The summed E-state index contributed by atoms with van der Waals surface area (Å²) in [4.78, 5) is 6.73. The second kappa shape index (κ2) is 6.48. The lowest BCUT2D eigenvalue weighted by atomic mass is 10.2. The fourth-order valence-electron chi connectivity index (χ4n) is 1.55. The number of anilines is 1. The molecule has 0 amide bonds. The Morgan fingerprint density at radius 1 is 1.44 bits per heavy atom. The van der Waals surface area contributed by atoms with Crippen LogP contribution in [0.25, 0.3) is 0 Å². The van der Waals surface area contributed by atoms with E-state index in [1.54, 1.807) is 0 Å². The van der Waals surface area contributed by atoms with E-state index in [2.05, 4.69) is 48.2 Å². The van der Waals surface area contributed by atoms with Crippen molar-refractivity contribution >= 4 is 5.69 Å². The minimum absolute atomic E-state index is 0.315. The van der Waals surface area contributed by atoms with E-state index in [-0.39, 0.29) is 0 Å². The molecule has 0 aliphatic heterocycles. The molecule has 0 fully saturated rings. The maximum absolute atomic E-state index is 4.47. The zero-order valence-electron chi connectivity index (χ0n) is 10.8. The Morgan fingerprint density at radius 2 is 2.19 bits per heavy atom. The minimum atomic E-state index is 0.315. The van der Waals surface area contributed by atoms with Crippen molar-refractivity contribution in [2.45, 2.75) is 32.7 Å². The average molecular weight is 221 g/mol. The first-order chi connectivity index (χ1) is 7.69. The van der Waals surface area contributed by atoms with E-state index in [9.17, 15) is 0 Å². The summed E-state index contributed by atoms with van der Waals surface area (Å²) in [6.45, 7) is 5.42. The van der Waals surface area contributed by atoms with Gasteiger partial charge in [-0.25, -0.2) is 0 Å². The molecule has 1 atom stereocenters. The van der Waals surface area contributed by atoms with Crippen LogP contribution in [0.1, 0.15) is 38.4 Å². The summed E-state index contributed by atoms with van der Waals surface area (Å²) in [5, 5.41) is 3.19. The highest BCUT2D eigenvalue weighted by Crippen LogP contribution is 2.15. The molecule has 1 heterocycles. The molecule has 1 N–H and O–H groups in total. The van der Waals surface area contributed by atoms with Gasteiger partial charge in [0.05, 0.1) is 17.6 Å². The number of pyridine rings is 1. The van der Waals surface area contributed by atoms with Crippen molar-refractivity contribution in [1.82, 2.24) is 10.3 Å². The molecule has 0 spiro atoms. The lowest BCUT2D eigenvalue weighted by Crippen LogP contribution is -2.19. The van der Waals surface area contributed by atoms with Gasteiger partial charge in [-0.15, -0.1) is 0 Å². The van der Waals surface area contributed by atoms with Gasteiger partial charge in [-0.2, -0.15) is 0 Å². The molecule has 0 aromatic carbocycles. The predicted octanol–water partition coefficient (Wildman–Crippen LogP) is 2.60. The largest absolute Gasteiger partial charge is 0.373 e. The van der Waals surface area contributed by atoms with Crippen LogP contribution in [0.2, 0.25) is 0 Å². The van der Waals surface area contributed by atoms with E-state index >= 15 is 0 Å². The van der Waals surface area contributed by atoms with Crippen LogP contribution in [0.5, 0.6) is 0 Å². The summed E-state index contributed by atoms with van der Waals surface area (Å²) in [6, 6.07) is 4.56. The fourth-order valence-corrected chi connectivity index (χ4v) is 1.55. The van der Waals surface area contributed by atoms with E-state index in [0.29, 0.717) is 6.04 Å². The van der Waals surface area contributed by atoms with Gasteiger partial charge in [0.1, 0.15) is 0 Å². The van der Waals surface area contributed by atoms with Gasteiger partial charge in [0.25, 0.3) is 0 Å². The number of nitrogens with zero attached hydrogens (tertiary/aromatic N) is 2. The molecule has 1 aromatic heterocycles. The van der Waals surface area contributed by atoms with Crippen LogP contribution in [0.3, 0.4) is 0 Å². The van der Waals surface area contributed by atoms with Crippen molar-refractivity contribution in [2.75, 3.05) is 25.5 Å². The summed E-state index contributed by atoms with van der Waals surface area (Å²) >= 11 is 0. The van der Waals surface area contributed by atoms with Crippen LogP contribution < -0.4 is 10.2 Å². The van der Waals surface area contributed by atoms with Crippen molar-refractivity contribution < 1.29 is 0 Å². The van der Waals surface area contributed by atoms with Gasteiger partial charge in [-0.05, 0) is 32.5 Å². The highest BCUT2D eigenvalue weighted by atomic mass is 15.1. The Hall–Kier alpha value is -1.09. The number of rotatable bonds is 6. The lowest BCUT2D eigenvalue weighted by molar-refractivity contribution is 0.632. The molecule has 90 valence electrons. The Kier molecular flexibility index (Phi) is 5.26. The Morgan fingerprint density at radius 3 is 2.69 bits per heavy atom. The number of aromatic nitrogens is 1. The molecular weight excluding hydrogens is 198 g/mol. The van der Waals surface area contributed by atoms with E-state index in [1.807, 2.05) is 13.2 Å². The van der Waals surface area contributed by atoms with Crippen LogP contribution >= 0.6 is 0 Å². The maximum Gasteiger partial charge on any atom is 0.0571 e. The summed E-state index contributed by atoms with van der Waals surface area (Å²) in [5.41, 5.74) is 2.29. The first kappa shape index (κ1) is 13.0. The second-order valence-electron chi connectivity index (χ2n) is 4.23. The third-order valence-corrected chi connectivity index (χ3v) is 2.94. The first-order valence-corrected chi connectivity index (χ1v) is 6.03. The number of hydrogen-bond acceptors (Lipinski definition) is 3. The smallest absolute Gasteiger partial charge is 0.0571 e. The molecule has 0 aliphatic rings. The fraction of sp³-hybridized carbons (Fsp3) is 0.615. The zero-order valence-corrected chi connectivity index (χ0v) is 10.8. The SMILES string of the molecule is CCCCN(C)c1ccc(C(C)NC)nc1. The molecule has 1 aromatic rings. The Labute approximate surface area is 98.9 Å². The molecule has 0 saturated carbocycles. The third-order valence-electron chi connectivity index (χ3n) is 2.94. The molecule has 3 nitrogen and oxygen atoms in total. The molecule has 1 unspecified atom stereocenters. The topological polar surface area (TPSA) is 28.2 Å². The molecule has 1 rings (SSSR count). The molecule has 0 bridgehead atoms. The number of hydrogen-bond donors (Lipinski definition) is 1. The van der Waals surface area contributed by atoms with Crippen molar-refractivity contribution in [3.8, 4) is 0 Å². The van der Waals surface area contributed by atoms with E-state index in [0.717, 1.165) is 12.2 Å². The van der Waals surface area contributed by atoms with Gasteiger partial charge >= 0.3 is 0 Å². The van der Waals surface area contributed by atoms with Crippen molar-refractivity contribution in [1.29, 1.82) is 0 Å². The maximum atomic E-state index is 4.47. The van der Waals surface area contributed by atoms with Crippen LogP contribution in [-0.2, 0) is 0 Å². The van der Waals surface area contributed by atoms with Gasteiger partial charge in [0.15, 0.2) is 0 Å². The zero-order chi connectivity index (χ0) is 12.0. The van der Waals surface area contributed by atoms with E-state index < -0.39 is 0 Å². The summed E-state index contributed by atoms with van der Waals surface area (Å²) in [5.74, 6) is 0. The predicted molar refractivity (Wildman–Crippen MR) is 69.9 cm³/mol. The quantitative estimate of drug-likeness (QED) is 0.800. The highest BCUT2D eigenvalue weighted by molar-refractivity contribution is 5.43. The van der Waals surface area contributed by atoms with Crippen molar-refractivity contribution in [3.05, 3.63) is 24.0 Å². The van der Waals surface area contributed by atoms with Crippen molar-refractivity contribution in [3.63, 3.8) is 0 Å². The van der Waals surface area contributed by atoms with Crippen LogP contribution in [0, 0.1) is 0 Å². The van der Waals surface area contributed by atoms with Gasteiger partial charge in [-0.3, -0.25) is 4.98 Å². The summed E-state index contributed by atoms with van der Waals surface area (Å²) in [7, 11) is 4.07. The van der Waals surface area contributed by atoms with Crippen LogP contribution in [-0.4, -0.2) is 25.6 Å². The van der Waals surface area contributed by atoms with Crippen LogP contribution in [0.15, 0.2) is 18.3 Å². The van der Waals surface area contributed by atoms with Gasteiger partial charge in [-0.1, -0.05) is 13.3 Å². The van der Waals surface area contributed by atoms with Gasteiger partial charge < -0.3 is 10.2 Å². The second-order valence-corrected chi connectivity index (χ2v) is 4.23. The van der Waals surface area contributed by atoms with Gasteiger partial charge in [0.2, 0.25) is 0 Å². The molecule has 16 heavy (non-hydrogen) atoms. The minimum Gasteiger partial charge on any atom is -0.373 e. The molecule has 3 heteroatoms. The average Bonchev–Trinajstić information content (AvgIpc) is 2.35. The summed E-state index contributed by atoms with van der Waals surface area (Å²) in [6.07, 6.45) is 4.41. The Balaban J connectivity index is 2.63. The van der Waals surface area contributed by atoms with Gasteiger partial charge in [0, 0.05) is 19.6 Å². The van der Waals surface area contributed by atoms with Crippen LogP contribution in [0.4, 0.5) is 5.69 Å². The van der Waals surface area contributed by atoms with E-state index in [1.165, 1.54) is 18.5 Å². The summed E-state index contributed by atoms with van der Waals surface area (Å²) < 4.78 is 0. The molecule has 0 aliphatic carbocycles. The normalized spacial score (nSPS) is 12.5. The first-order valence-electron chi connectivity index (χ1n) is 6.03. The third kappa shape index (κ3) is 3.49. The monoisotopic (exact) mass is 221 g/mol. The highest BCUT2D eigenvalue weighted by Gasteiger charge is 2.05. The number of unbranched alkanes of at least 4 members (excludes halogenated alkanes) is 1. The molecule has 0 radical (unpaired) electrons. The molecular formula is C13H23N3. The standard InChI is InChI=1S/C13H23N3/c1-5-6-9-16(4)12-7-8-13(15-10-12)11(2)14-3/h7-8,10-11,14H,5-6,9H2,1-4H3. The Bertz CT molecular complexity index is 295. The number of nitrogens with one attached hydrogen (secondary N) is 1. The van der Waals surface area contributed by atoms with E-state index in [4.69, 9.17) is 0 Å².